The zero-order valence-corrected chi connectivity index (χ0v) is 25.5. The minimum atomic E-state index is -4.88. The second-order valence-electron chi connectivity index (χ2n) is 12.9. The van der Waals surface area contributed by atoms with Gasteiger partial charge in [0.05, 0.1) is 4.75 Å². The molecule has 2 bridgehead atoms. The molecule has 2 aromatic carbocycles. The Morgan fingerprint density at radius 1 is 1.09 bits per heavy atom. The second kappa shape index (κ2) is 10.9. The van der Waals surface area contributed by atoms with Gasteiger partial charge in [0.2, 0.25) is 10.0 Å². The fourth-order valence-electron chi connectivity index (χ4n) is 6.59. The first-order valence-corrected chi connectivity index (χ1v) is 16.6. The number of para-hydroxylation sites is 1. The van der Waals surface area contributed by atoms with Gasteiger partial charge in [0.25, 0.3) is 5.91 Å². The van der Waals surface area contributed by atoms with E-state index in [1.165, 1.54) is 25.1 Å². The van der Waals surface area contributed by atoms with Crippen LogP contribution in [0.5, 0.6) is 5.75 Å². The number of nitrogens with one attached hydrogen (secondary N) is 2. The van der Waals surface area contributed by atoms with E-state index in [2.05, 4.69) is 15.2 Å². The van der Waals surface area contributed by atoms with Crippen LogP contribution < -0.4 is 19.7 Å². The van der Waals surface area contributed by atoms with Crippen molar-refractivity contribution in [2.45, 2.75) is 93.6 Å². The fourth-order valence-corrected chi connectivity index (χ4v) is 7.84. The maximum absolute atomic E-state index is 15.3. The topological polar surface area (TPSA) is 114 Å². The van der Waals surface area contributed by atoms with Gasteiger partial charge < -0.3 is 19.5 Å². The highest BCUT2D eigenvalue weighted by atomic mass is 32.2. The van der Waals surface area contributed by atoms with Crippen molar-refractivity contribution >= 4 is 21.6 Å². The van der Waals surface area contributed by atoms with Gasteiger partial charge in [-0.2, -0.15) is 0 Å². The van der Waals surface area contributed by atoms with Gasteiger partial charge in [0, 0.05) is 47.3 Å². The molecule has 8 rings (SSSR count). The maximum atomic E-state index is 15.3. The Hall–Kier alpha value is -3.72. The molecule has 0 spiro atoms. The molecule has 46 heavy (non-hydrogen) atoms. The summed E-state index contributed by atoms with van der Waals surface area (Å²) in [5, 5.41) is 7.60. The van der Waals surface area contributed by atoms with Crippen LogP contribution in [0.15, 0.2) is 40.9 Å². The molecule has 3 saturated carbocycles. The molecular formula is C31H31F5N4O5S. The predicted octanol–water partition coefficient (Wildman–Crippen LogP) is 5.91. The van der Waals surface area contributed by atoms with Crippen LogP contribution in [0.3, 0.4) is 0 Å². The van der Waals surface area contributed by atoms with Gasteiger partial charge in [-0.3, -0.25) is 4.79 Å². The Morgan fingerprint density at radius 2 is 1.74 bits per heavy atom. The van der Waals surface area contributed by atoms with Crippen LogP contribution >= 0.6 is 0 Å². The third kappa shape index (κ3) is 5.72. The van der Waals surface area contributed by atoms with E-state index < -0.39 is 44.2 Å². The van der Waals surface area contributed by atoms with Gasteiger partial charge in [-0.05, 0) is 76.1 Å². The van der Waals surface area contributed by atoms with E-state index in [-0.39, 0.29) is 53.3 Å². The van der Waals surface area contributed by atoms with Crippen molar-refractivity contribution in [1.82, 2.24) is 15.2 Å². The van der Waals surface area contributed by atoms with Crippen molar-refractivity contribution in [2.75, 3.05) is 4.90 Å². The number of rotatable bonds is 10. The van der Waals surface area contributed by atoms with E-state index in [0.717, 1.165) is 25.0 Å². The summed E-state index contributed by atoms with van der Waals surface area (Å²) in [6.45, 7) is 1.77. The molecule has 2 N–H and O–H groups in total. The van der Waals surface area contributed by atoms with Crippen LogP contribution in [0, 0.1) is 11.6 Å². The number of fused-ring (bicyclic) bond motifs is 2. The Morgan fingerprint density at radius 3 is 2.35 bits per heavy atom. The van der Waals surface area contributed by atoms with Crippen molar-refractivity contribution in [2.24, 2.45) is 0 Å². The summed E-state index contributed by atoms with van der Waals surface area (Å²) in [5.74, 6) is -2.62. The number of carbonyl (C=O) groups excluding carboxylic acids is 1. The lowest BCUT2D eigenvalue weighted by Crippen LogP contribution is -2.64. The molecule has 3 aliphatic carbocycles. The van der Waals surface area contributed by atoms with E-state index >= 15 is 8.78 Å². The number of nitrogens with zero attached hydrogens (tertiary/aromatic N) is 2. The van der Waals surface area contributed by atoms with Gasteiger partial charge in [-0.1, -0.05) is 17.3 Å². The van der Waals surface area contributed by atoms with Crippen LogP contribution in [-0.2, 0) is 16.6 Å². The lowest BCUT2D eigenvalue weighted by Gasteiger charge is -2.56. The van der Waals surface area contributed by atoms with E-state index in [9.17, 15) is 26.4 Å². The number of carbonyl (C=O) groups is 1. The molecule has 9 nitrogen and oxygen atoms in total. The smallest absolute Gasteiger partial charge is 0.405 e. The summed E-state index contributed by atoms with van der Waals surface area (Å²) in [4.78, 5) is 14.2. The molecule has 2 atom stereocenters. The third-order valence-electron chi connectivity index (χ3n) is 9.51. The van der Waals surface area contributed by atoms with Crippen molar-refractivity contribution in [1.29, 1.82) is 0 Å². The summed E-state index contributed by atoms with van der Waals surface area (Å²) >= 11 is 0. The zero-order valence-electron chi connectivity index (χ0n) is 24.7. The van der Waals surface area contributed by atoms with Gasteiger partial charge in [0.15, 0.2) is 0 Å². The number of alkyl halides is 3. The molecule has 2 saturated heterocycles. The van der Waals surface area contributed by atoms with E-state index in [0.29, 0.717) is 43.4 Å². The van der Waals surface area contributed by atoms with Gasteiger partial charge in [0.1, 0.15) is 34.5 Å². The predicted molar refractivity (Wildman–Crippen MR) is 156 cm³/mol. The maximum Gasteiger partial charge on any atom is 0.573 e. The van der Waals surface area contributed by atoms with Crippen molar-refractivity contribution < 1.29 is 44.4 Å². The number of hydrogen-bond donors (Lipinski definition) is 2. The zero-order chi connectivity index (χ0) is 32.6. The van der Waals surface area contributed by atoms with E-state index in [4.69, 9.17) is 4.52 Å². The lowest BCUT2D eigenvalue weighted by molar-refractivity contribution is -0.274. The monoisotopic (exact) mass is 666 g/mol. The van der Waals surface area contributed by atoms with Crippen LogP contribution in [0.25, 0.3) is 11.3 Å². The molecule has 1 aromatic heterocycles. The highest BCUT2D eigenvalue weighted by Gasteiger charge is 2.51. The number of anilines is 1. The standard InChI is InChI=1S/C31H31F5N4O5S/c1-30(8-9-30)46(42,43)39-29(41)17-10-23(32)27(24(33)11-17)40-19-12-18(13-20(40)14-19)37-15-22-26(38-45-28(22)16-6-7-16)21-4-2-3-5-25(21)44-31(34,35)36/h2-5,10-11,16,18-20,37H,6-9,12-15H2,1H3,(H,39,41). The normalized spacial score (nSPS) is 23.5. The highest BCUT2D eigenvalue weighted by molar-refractivity contribution is 7.91. The molecule has 246 valence electrons. The number of piperidine rings is 1. The summed E-state index contributed by atoms with van der Waals surface area (Å²) in [7, 11) is -3.98. The van der Waals surface area contributed by atoms with Crippen LogP contribution in [0.2, 0.25) is 0 Å². The second-order valence-corrected chi connectivity index (χ2v) is 15.1. The molecule has 5 fully saturated rings. The molecular weight excluding hydrogens is 635 g/mol. The number of aromatic nitrogens is 1. The van der Waals surface area contributed by atoms with Gasteiger partial charge in [-0.25, -0.2) is 21.9 Å². The van der Waals surface area contributed by atoms with Crippen molar-refractivity contribution in [3.63, 3.8) is 0 Å². The largest absolute Gasteiger partial charge is 0.573 e. The van der Waals surface area contributed by atoms with Gasteiger partial charge in [-0.15, -0.1) is 13.2 Å². The van der Waals surface area contributed by atoms with Crippen LogP contribution in [0.1, 0.15) is 79.5 Å². The molecule has 15 heteroatoms. The number of amides is 1. The average molecular weight is 667 g/mol. The fraction of sp³-hybridized carbons (Fsp3) is 0.484. The quantitative estimate of drug-likeness (QED) is 0.257. The SMILES string of the molecule is CC1(S(=O)(=O)NC(=O)c2cc(F)c(N3C4CC(NCc5c(-c6ccccc6OC(F)(F)F)noc5C5CC5)CC3C4)c(F)c2)CC1. The molecule has 2 unspecified atom stereocenters. The number of ether oxygens (including phenoxy) is 1. The van der Waals surface area contributed by atoms with Crippen LogP contribution in [0.4, 0.5) is 27.6 Å². The number of hydrogen-bond acceptors (Lipinski definition) is 8. The van der Waals surface area contributed by atoms with E-state index in [1.807, 2.05) is 4.72 Å². The van der Waals surface area contributed by atoms with Crippen molar-refractivity contribution in [3.8, 4) is 17.0 Å². The molecule has 2 aliphatic heterocycles. The van der Waals surface area contributed by atoms with E-state index in [1.54, 1.807) is 11.0 Å². The van der Waals surface area contributed by atoms with Crippen LogP contribution in [-0.4, -0.2) is 48.7 Å². The summed E-state index contributed by atoms with van der Waals surface area (Å²) in [6, 6.07) is 7.03. The lowest BCUT2D eigenvalue weighted by atomic mass is 9.76. The first kappa shape index (κ1) is 30.9. The number of benzene rings is 2. The van der Waals surface area contributed by atoms with Crippen molar-refractivity contribution in [3.05, 3.63) is 64.9 Å². The molecule has 0 radical (unpaired) electrons. The Balaban J connectivity index is 1.04. The highest BCUT2D eigenvalue weighted by Crippen LogP contribution is 2.47. The average Bonchev–Trinajstić information content (AvgIpc) is 3.92. The van der Waals surface area contributed by atoms with Gasteiger partial charge >= 0.3 is 6.36 Å². The number of sulfonamides is 1. The minimum absolute atomic E-state index is 0.0540. The first-order valence-electron chi connectivity index (χ1n) is 15.1. The summed E-state index contributed by atoms with van der Waals surface area (Å²) in [5.41, 5.74) is 0.402. The Labute approximate surface area is 261 Å². The summed E-state index contributed by atoms with van der Waals surface area (Å²) < 4.78 is 105. The number of halogens is 5. The molecule has 5 aliphatic rings. The minimum Gasteiger partial charge on any atom is -0.405 e. The molecule has 3 heterocycles. The first-order chi connectivity index (χ1) is 21.7. The Kier molecular flexibility index (Phi) is 7.34. The summed E-state index contributed by atoms with van der Waals surface area (Å²) in [6.07, 6.45) is -0.509. The molecule has 3 aromatic rings. The Bertz CT molecular complexity index is 1770. The molecule has 1 amide bonds. The third-order valence-corrected chi connectivity index (χ3v) is 11.7.